The minimum Gasteiger partial charge on any atom is -0.381 e. The van der Waals surface area contributed by atoms with E-state index in [1.165, 1.54) is 36.5 Å². The Balaban J connectivity index is 2.19. The molecule has 0 radical (unpaired) electrons. The molecule has 0 aliphatic rings. The Morgan fingerprint density at radius 1 is 1.30 bits per heavy atom. The molecule has 0 aliphatic carbocycles. The van der Waals surface area contributed by atoms with Crippen LogP contribution in [0.3, 0.4) is 0 Å². The van der Waals surface area contributed by atoms with Crippen molar-refractivity contribution in [3.05, 3.63) is 58.0 Å². The zero-order chi connectivity index (χ0) is 14.7. The number of rotatable bonds is 3. The highest BCUT2D eigenvalue weighted by atomic mass is 19.1. The van der Waals surface area contributed by atoms with Crippen LogP contribution >= 0.6 is 0 Å². The lowest BCUT2D eigenvalue weighted by Gasteiger charge is -2.06. The van der Waals surface area contributed by atoms with E-state index in [1.54, 1.807) is 0 Å². The highest BCUT2D eigenvalue weighted by Gasteiger charge is 2.15. The van der Waals surface area contributed by atoms with Crippen LogP contribution in [0.25, 0.3) is 0 Å². The minimum atomic E-state index is -0.910. The van der Waals surface area contributed by atoms with Crippen molar-refractivity contribution < 1.29 is 14.1 Å². The van der Waals surface area contributed by atoms with Gasteiger partial charge in [0.2, 0.25) is 0 Å². The number of anilines is 2. The number of nitrogens with zero attached hydrogens (tertiary/aromatic N) is 2. The number of nitro benzene ring substituents is 1. The van der Waals surface area contributed by atoms with Crippen molar-refractivity contribution >= 4 is 23.1 Å². The van der Waals surface area contributed by atoms with Gasteiger partial charge in [-0.2, -0.15) is 0 Å². The van der Waals surface area contributed by atoms with Crippen LogP contribution in [0.1, 0.15) is 10.4 Å². The molecule has 0 bridgehead atoms. The number of amides is 1. The van der Waals surface area contributed by atoms with Crippen molar-refractivity contribution in [3.8, 4) is 0 Å². The van der Waals surface area contributed by atoms with Gasteiger partial charge in [-0.3, -0.25) is 14.9 Å². The van der Waals surface area contributed by atoms with Crippen molar-refractivity contribution in [2.24, 2.45) is 0 Å². The van der Waals surface area contributed by atoms with Crippen molar-refractivity contribution in [2.75, 3.05) is 11.1 Å². The first-order valence-corrected chi connectivity index (χ1v) is 5.45. The van der Waals surface area contributed by atoms with Gasteiger partial charge in [0.15, 0.2) is 11.6 Å². The highest BCUT2D eigenvalue weighted by molar-refractivity contribution is 6.04. The zero-order valence-corrected chi connectivity index (χ0v) is 10.0. The lowest BCUT2D eigenvalue weighted by molar-refractivity contribution is -0.384. The molecule has 2 rings (SSSR count). The molecule has 0 fully saturated rings. The smallest absolute Gasteiger partial charge is 0.269 e. The van der Waals surface area contributed by atoms with Gasteiger partial charge in [-0.25, -0.2) is 9.37 Å². The summed E-state index contributed by atoms with van der Waals surface area (Å²) in [4.78, 5) is 25.3. The summed E-state index contributed by atoms with van der Waals surface area (Å²) in [5.41, 5.74) is 5.20. The second-order valence-electron chi connectivity index (χ2n) is 3.82. The number of nitro groups is 1. The fourth-order valence-electron chi connectivity index (χ4n) is 1.50. The Labute approximate surface area is 112 Å². The van der Waals surface area contributed by atoms with Crippen molar-refractivity contribution in [3.63, 3.8) is 0 Å². The number of nitrogens with two attached hydrogens (primary N) is 1. The molecular weight excluding hydrogens is 267 g/mol. The first-order chi connectivity index (χ1) is 9.49. The molecule has 1 aromatic carbocycles. The number of carbonyl (C=O) groups excluding carboxylic acids is 1. The van der Waals surface area contributed by atoms with Gasteiger partial charge in [-0.1, -0.05) is 0 Å². The van der Waals surface area contributed by atoms with Crippen LogP contribution in [0.4, 0.5) is 21.6 Å². The van der Waals surface area contributed by atoms with Gasteiger partial charge < -0.3 is 11.1 Å². The largest absolute Gasteiger partial charge is 0.381 e. The predicted octanol–water partition coefficient (Wildman–Crippen LogP) is 1.96. The van der Waals surface area contributed by atoms with Crippen molar-refractivity contribution in [2.45, 2.75) is 0 Å². The van der Waals surface area contributed by atoms with E-state index in [1.807, 2.05) is 0 Å². The lowest BCUT2D eigenvalue weighted by atomic mass is 10.2. The third-order valence-corrected chi connectivity index (χ3v) is 2.50. The summed E-state index contributed by atoms with van der Waals surface area (Å²) in [7, 11) is 0. The predicted molar refractivity (Wildman–Crippen MR) is 69.7 cm³/mol. The Bertz CT molecular complexity index is 673. The normalized spacial score (nSPS) is 10.1. The quantitative estimate of drug-likeness (QED) is 0.657. The van der Waals surface area contributed by atoms with Crippen LogP contribution in [0.15, 0.2) is 36.5 Å². The molecule has 1 amide bonds. The van der Waals surface area contributed by atoms with Crippen molar-refractivity contribution in [1.82, 2.24) is 4.98 Å². The maximum absolute atomic E-state index is 13.6. The molecule has 8 heteroatoms. The van der Waals surface area contributed by atoms with E-state index in [0.717, 1.165) is 0 Å². The molecule has 1 aromatic heterocycles. The van der Waals surface area contributed by atoms with Gasteiger partial charge in [0.25, 0.3) is 11.6 Å². The number of halogens is 1. The average molecular weight is 276 g/mol. The minimum absolute atomic E-state index is 0.109. The number of nitrogen functional groups attached to an aromatic ring is 1. The van der Waals surface area contributed by atoms with Crippen LogP contribution in [-0.2, 0) is 0 Å². The van der Waals surface area contributed by atoms with Gasteiger partial charge in [-0.05, 0) is 18.2 Å². The fourth-order valence-corrected chi connectivity index (χ4v) is 1.50. The van der Waals surface area contributed by atoms with Gasteiger partial charge in [0.05, 0.1) is 10.5 Å². The molecule has 7 nitrogen and oxygen atoms in total. The molecule has 0 saturated heterocycles. The van der Waals surface area contributed by atoms with E-state index >= 15 is 0 Å². The van der Waals surface area contributed by atoms with Crippen LogP contribution in [-0.4, -0.2) is 15.8 Å². The van der Waals surface area contributed by atoms with E-state index in [2.05, 4.69) is 10.3 Å². The SMILES string of the molecule is Nc1nccc(C(=O)Nc2ccc([N+](=O)[O-])cc2)c1F. The Morgan fingerprint density at radius 2 is 1.95 bits per heavy atom. The third-order valence-electron chi connectivity index (χ3n) is 2.50. The number of hydrogen-bond donors (Lipinski definition) is 2. The zero-order valence-electron chi connectivity index (χ0n) is 10.0. The maximum atomic E-state index is 13.6. The number of carbonyl (C=O) groups is 1. The van der Waals surface area contributed by atoms with Crippen molar-refractivity contribution in [1.29, 1.82) is 0 Å². The average Bonchev–Trinajstić information content (AvgIpc) is 2.42. The van der Waals surface area contributed by atoms with Gasteiger partial charge >= 0.3 is 0 Å². The Kier molecular flexibility index (Phi) is 3.56. The second-order valence-corrected chi connectivity index (χ2v) is 3.82. The summed E-state index contributed by atoms with van der Waals surface area (Å²) in [5.74, 6) is -2.00. The van der Waals surface area contributed by atoms with Gasteiger partial charge in [-0.15, -0.1) is 0 Å². The summed E-state index contributed by atoms with van der Waals surface area (Å²) >= 11 is 0. The molecule has 3 N–H and O–H groups in total. The summed E-state index contributed by atoms with van der Waals surface area (Å²) in [6.07, 6.45) is 1.21. The van der Waals surface area contributed by atoms with Crippen LogP contribution < -0.4 is 11.1 Å². The molecule has 0 atom stereocenters. The first-order valence-electron chi connectivity index (χ1n) is 5.45. The molecule has 0 spiro atoms. The molecule has 0 aliphatic heterocycles. The molecule has 1 heterocycles. The number of benzene rings is 1. The van der Waals surface area contributed by atoms with Gasteiger partial charge in [0, 0.05) is 24.0 Å². The van der Waals surface area contributed by atoms with E-state index < -0.39 is 16.6 Å². The molecular formula is C12H9FN4O3. The standard InChI is InChI=1S/C12H9FN4O3/c13-10-9(5-6-15-11(10)14)12(18)16-7-1-3-8(4-2-7)17(19)20/h1-6H,(H2,14,15)(H,16,18). The summed E-state index contributed by atoms with van der Waals surface area (Å²) in [6.45, 7) is 0. The highest BCUT2D eigenvalue weighted by Crippen LogP contribution is 2.18. The fraction of sp³-hybridized carbons (Fsp3) is 0. The lowest BCUT2D eigenvalue weighted by Crippen LogP contribution is -2.15. The number of nitrogens with one attached hydrogen (secondary N) is 1. The Morgan fingerprint density at radius 3 is 2.55 bits per heavy atom. The van der Waals surface area contributed by atoms with E-state index in [9.17, 15) is 19.3 Å². The monoisotopic (exact) mass is 276 g/mol. The third kappa shape index (κ3) is 2.69. The van der Waals surface area contributed by atoms with E-state index in [4.69, 9.17) is 5.73 Å². The Hall–Kier alpha value is -3.03. The van der Waals surface area contributed by atoms with E-state index in [0.29, 0.717) is 5.69 Å². The van der Waals surface area contributed by atoms with Crippen LogP contribution in [0, 0.1) is 15.9 Å². The van der Waals surface area contributed by atoms with Crippen LogP contribution in [0.5, 0.6) is 0 Å². The maximum Gasteiger partial charge on any atom is 0.269 e. The first kappa shape index (κ1) is 13.4. The number of hydrogen-bond acceptors (Lipinski definition) is 5. The topological polar surface area (TPSA) is 111 Å². The molecule has 102 valence electrons. The molecule has 2 aromatic rings. The number of aromatic nitrogens is 1. The number of non-ortho nitro benzene ring substituents is 1. The molecule has 0 saturated carbocycles. The van der Waals surface area contributed by atoms with E-state index in [-0.39, 0.29) is 17.1 Å². The molecule has 0 unspecified atom stereocenters. The van der Waals surface area contributed by atoms with Gasteiger partial charge in [0.1, 0.15) is 0 Å². The van der Waals surface area contributed by atoms with Crippen LogP contribution in [0.2, 0.25) is 0 Å². The molecule has 20 heavy (non-hydrogen) atoms. The summed E-state index contributed by atoms with van der Waals surface area (Å²) in [6, 6.07) is 6.34. The second kappa shape index (κ2) is 5.31. The summed E-state index contributed by atoms with van der Waals surface area (Å²) in [5, 5.41) is 12.9. The number of pyridine rings is 1. The summed E-state index contributed by atoms with van der Waals surface area (Å²) < 4.78 is 13.6.